The van der Waals surface area contributed by atoms with Gasteiger partial charge in [-0.15, -0.1) is 0 Å². The minimum absolute atomic E-state index is 0.0847. The number of hydrogen-bond donors (Lipinski definition) is 1. The Morgan fingerprint density at radius 1 is 1.30 bits per heavy atom. The van der Waals surface area contributed by atoms with Crippen LogP contribution in [-0.4, -0.2) is 26.8 Å². The second-order valence-corrected chi connectivity index (χ2v) is 6.38. The molecule has 2 N–H and O–H groups in total. The molecule has 1 aliphatic rings. The van der Waals surface area contributed by atoms with Gasteiger partial charge in [0.15, 0.2) is 0 Å². The molecule has 0 spiro atoms. The van der Waals surface area contributed by atoms with Gasteiger partial charge in [0, 0.05) is 18.8 Å². The molecule has 0 saturated heterocycles. The van der Waals surface area contributed by atoms with Gasteiger partial charge in [-0.1, -0.05) is 38.1 Å². The normalized spacial score (nSPS) is 14.0. The fourth-order valence-corrected chi connectivity index (χ4v) is 2.62. The van der Waals surface area contributed by atoms with Crippen LogP contribution < -0.4 is 5.73 Å². The number of nitrogens with zero attached hydrogens (tertiary/aromatic N) is 3. The number of nitrogens with two attached hydrogens (primary N) is 1. The number of benzene rings is 1. The van der Waals surface area contributed by atoms with E-state index in [9.17, 15) is 4.79 Å². The molecule has 5 nitrogen and oxygen atoms in total. The van der Waals surface area contributed by atoms with E-state index in [4.69, 9.17) is 5.73 Å². The number of nitrogen functional groups attached to an aromatic ring is 1. The van der Waals surface area contributed by atoms with Gasteiger partial charge < -0.3 is 10.6 Å². The minimum atomic E-state index is -0.0847. The van der Waals surface area contributed by atoms with Crippen LogP contribution in [0.3, 0.4) is 0 Å². The SMILES string of the molecule is CC(C)c1ccc(CN(C(=O)c2cncnc2N)C2CC2)cc1. The number of hydrogen-bond acceptors (Lipinski definition) is 4. The van der Waals surface area contributed by atoms with E-state index >= 15 is 0 Å². The first-order valence-electron chi connectivity index (χ1n) is 8.01. The predicted octanol–water partition coefficient (Wildman–Crippen LogP) is 2.99. The summed E-state index contributed by atoms with van der Waals surface area (Å²) in [7, 11) is 0. The van der Waals surface area contributed by atoms with E-state index in [1.165, 1.54) is 18.1 Å². The molecule has 23 heavy (non-hydrogen) atoms. The first kappa shape index (κ1) is 15.5. The van der Waals surface area contributed by atoms with E-state index in [0.717, 1.165) is 18.4 Å². The van der Waals surface area contributed by atoms with Crippen LogP contribution in [0.15, 0.2) is 36.8 Å². The number of aromatic nitrogens is 2. The number of carbonyl (C=O) groups excluding carboxylic acids is 1. The second kappa shape index (κ2) is 6.36. The van der Waals surface area contributed by atoms with Crippen molar-refractivity contribution in [3.63, 3.8) is 0 Å². The zero-order chi connectivity index (χ0) is 16.4. The van der Waals surface area contributed by atoms with Crippen LogP contribution in [0.1, 0.15) is 54.1 Å². The molecule has 1 aromatic heterocycles. The molecule has 1 heterocycles. The van der Waals surface area contributed by atoms with E-state index < -0.39 is 0 Å². The van der Waals surface area contributed by atoms with Gasteiger partial charge in [0.25, 0.3) is 5.91 Å². The summed E-state index contributed by atoms with van der Waals surface area (Å²) in [6.07, 6.45) is 4.95. The maximum Gasteiger partial charge on any atom is 0.259 e. The highest BCUT2D eigenvalue weighted by Crippen LogP contribution is 2.30. The van der Waals surface area contributed by atoms with Crippen molar-refractivity contribution >= 4 is 11.7 Å². The van der Waals surface area contributed by atoms with E-state index in [1.807, 2.05) is 4.90 Å². The highest BCUT2D eigenvalue weighted by atomic mass is 16.2. The highest BCUT2D eigenvalue weighted by molar-refractivity contribution is 5.98. The Kier molecular flexibility index (Phi) is 4.28. The van der Waals surface area contributed by atoms with Crippen molar-refractivity contribution < 1.29 is 4.79 Å². The number of amides is 1. The third-order valence-corrected chi connectivity index (χ3v) is 4.22. The van der Waals surface area contributed by atoms with E-state index in [0.29, 0.717) is 24.1 Å². The monoisotopic (exact) mass is 310 g/mol. The topological polar surface area (TPSA) is 72.1 Å². The number of rotatable bonds is 5. The van der Waals surface area contributed by atoms with Crippen molar-refractivity contribution in [2.45, 2.75) is 45.2 Å². The number of carbonyl (C=O) groups is 1. The summed E-state index contributed by atoms with van der Waals surface area (Å²) in [5.41, 5.74) is 8.65. The van der Waals surface area contributed by atoms with Crippen molar-refractivity contribution in [3.05, 3.63) is 53.5 Å². The first-order valence-corrected chi connectivity index (χ1v) is 8.01. The Balaban J connectivity index is 1.80. The highest BCUT2D eigenvalue weighted by Gasteiger charge is 2.34. The zero-order valence-electron chi connectivity index (χ0n) is 13.6. The first-order chi connectivity index (χ1) is 11.1. The van der Waals surface area contributed by atoms with Gasteiger partial charge in [0.1, 0.15) is 17.7 Å². The van der Waals surface area contributed by atoms with Gasteiger partial charge in [-0.25, -0.2) is 9.97 Å². The van der Waals surface area contributed by atoms with Crippen molar-refractivity contribution in [2.75, 3.05) is 5.73 Å². The molecule has 0 unspecified atom stereocenters. The summed E-state index contributed by atoms with van der Waals surface area (Å²) >= 11 is 0. The summed E-state index contributed by atoms with van der Waals surface area (Å²) in [4.78, 5) is 22.5. The summed E-state index contributed by atoms with van der Waals surface area (Å²) in [6, 6.07) is 8.77. The Hall–Kier alpha value is -2.43. The van der Waals surface area contributed by atoms with Gasteiger partial charge in [-0.05, 0) is 29.9 Å². The average Bonchev–Trinajstić information content (AvgIpc) is 3.37. The molecule has 0 bridgehead atoms. The fourth-order valence-electron chi connectivity index (χ4n) is 2.62. The molecule has 0 radical (unpaired) electrons. The van der Waals surface area contributed by atoms with E-state index in [1.54, 1.807) is 0 Å². The third kappa shape index (κ3) is 3.50. The Bertz CT molecular complexity index is 692. The summed E-state index contributed by atoms with van der Waals surface area (Å²) < 4.78 is 0. The van der Waals surface area contributed by atoms with Crippen LogP contribution in [0.5, 0.6) is 0 Å². The van der Waals surface area contributed by atoms with Gasteiger partial charge in [-0.2, -0.15) is 0 Å². The van der Waals surface area contributed by atoms with Crippen LogP contribution >= 0.6 is 0 Å². The van der Waals surface area contributed by atoms with E-state index in [2.05, 4.69) is 48.1 Å². The lowest BCUT2D eigenvalue weighted by Gasteiger charge is -2.23. The molecule has 1 saturated carbocycles. The predicted molar refractivity (Wildman–Crippen MR) is 89.9 cm³/mol. The average molecular weight is 310 g/mol. The lowest BCUT2D eigenvalue weighted by molar-refractivity contribution is 0.0730. The van der Waals surface area contributed by atoms with Crippen LogP contribution in [0.2, 0.25) is 0 Å². The second-order valence-electron chi connectivity index (χ2n) is 6.38. The molecule has 5 heteroatoms. The molecule has 2 aromatic rings. The Morgan fingerprint density at radius 3 is 2.57 bits per heavy atom. The molecule has 120 valence electrons. The fraction of sp³-hybridized carbons (Fsp3) is 0.389. The summed E-state index contributed by atoms with van der Waals surface area (Å²) in [5.74, 6) is 0.663. The quantitative estimate of drug-likeness (QED) is 0.921. The van der Waals surface area contributed by atoms with Crippen molar-refractivity contribution in [1.29, 1.82) is 0 Å². The standard InChI is InChI=1S/C18H22N4O/c1-12(2)14-5-3-13(4-6-14)10-22(15-7-8-15)18(23)16-9-20-11-21-17(16)19/h3-6,9,11-12,15H,7-8,10H2,1-2H3,(H2,19,20,21). The minimum Gasteiger partial charge on any atom is -0.383 e. The molecular formula is C18H22N4O. The van der Waals surface area contributed by atoms with Crippen molar-refractivity contribution in [3.8, 4) is 0 Å². The molecule has 1 aromatic carbocycles. The molecule has 3 rings (SSSR count). The van der Waals surface area contributed by atoms with Crippen molar-refractivity contribution in [2.24, 2.45) is 0 Å². The molecular weight excluding hydrogens is 288 g/mol. The lowest BCUT2D eigenvalue weighted by Crippen LogP contribution is -2.33. The maximum absolute atomic E-state index is 12.8. The van der Waals surface area contributed by atoms with Gasteiger partial charge in [-0.3, -0.25) is 4.79 Å². The molecule has 0 aliphatic heterocycles. The van der Waals surface area contributed by atoms with Crippen LogP contribution in [0, 0.1) is 0 Å². The lowest BCUT2D eigenvalue weighted by atomic mass is 10.0. The van der Waals surface area contributed by atoms with Gasteiger partial charge in [0.2, 0.25) is 0 Å². The largest absolute Gasteiger partial charge is 0.383 e. The maximum atomic E-state index is 12.8. The van der Waals surface area contributed by atoms with Crippen molar-refractivity contribution in [1.82, 2.24) is 14.9 Å². The zero-order valence-corrected chi connectivity index (χ0v) is 13.6. The Morgan fingerprint density at radius 2 is 2.00 bits per heavy atom. The smallest absolute Gasteiger partial charge is 0.259 e. The molecule has 1 amide bonds. The Labute approximate surface area is 136 Å². The van der Waals surface area contributed by atoms with Gasteiger partial charge in [0.05, 0.1) is 0 Å². The van der Waals surface area contributed by atoms with Gasteiger partial charge >= 0.3 is 0 Å². The van der Waals surface area contributed by atoms with Crippen LogP contribution in [0.4, 0.5) is 5.82 Å². The molecule has 1 aliphatic carbocycles. The van der Waals surface area contributed by atoms with Crippen LogP contribution in [0.25, 0.3) is 0 Å². The summed E-state index contributed by atoms with van der Waals surface area (Å²) in [6.45, 7) is 4.94. The molecule has 1 fully saturated rings. The summed E-state index contributed by atoms with van der Waals surface area (Å²) in [5, 5.41) is 0. The van der Waals surface area contributed by atoms with E-state index in [-0.39, 0.29) is 11.7 Å². The van der Waals surface area contributed by atoms with Crippen LogP contribution in [-0.2, 0) is 6.54 Å². The molecule has 0 atom stereocenters. The number of anilines is 1. The third-order valence-electron chi connectivity index (χ3n) is 4.22.